The van der Waals surface area contributed by atoms with E-state index in [4.69, 9.17) is 14.2 Å². The van der Waals surface area contributed by atoms with E-state index in [0.717, 1.165) is 29.0 Å². The average Bonchev–Trinajstić information content (AvgIpc) is 3.26. The van der Waals surface area contributed by atoms with Gasteiger partial charge in [-0.1, -0.05) is 31.2 Å². The maximum Gasteiger partial charge on any atom is 0.341 e. The van der Waals surface area contributed by atoms with Gasteiger partial charge in [0.2, 0.25) is 5.91 Å². The van der Waals surface area contributed by atoms with Gasteiger partial charge < -0.3 is 19.5 Å². The molecule has 0 saturated heterocycles. The molecule has 1 heterocycles. The van der Waals surface area contributed by atoms with Crippen LogP contribution in [0.15, 0.2) is 53.9 Å². The fourth-order valence-corrected chi connectivity index (χ4v) is 4.37. The molecule has 0 unspecified atom stereocenters. The quantitative estimate of drug-likeness (QED) is 0.241. The SMILES string of the molecule is CCOC(=O)c1c(-c2ccc(OCC)cc2)csc1NC(=O)CCCOc1ccc(CC)cc1. The number of esters is 1. The van der Waals surface area contributed by atoms with Crippen molar-refractivity contribution in [2.45, 2.75) is 40.0 Å². The van der Waals surface area contributed by atoms with Gasteiger partial charge in [0.25, 0.3) is 0 Å². The molecule has 0 bridgehead atoms. The minimum atomic E-state index is -0.457. The van der Waals surface area contributed by atoms with Crippen LogP contribution in [0.25, 0.3) is 11.1 Å². The van der Waals surface area contributed by atoms with Crippen molar-refractivity contribution in [2.24, 2.45) is 0 Å². The van der Waals surface area contributed by atoms with Crippen molar-refractivity contribution in [1.82, 2.24) is 0 Å². The van der Waals surface area contributed by atoms with Crippen molar-refractivity contribution >= 4 is 28.2 Å². The number of anilines is 1. The molecule has 1 aromatic heterocycles. The highest BCUT2D eigenvalue weighted by molar-refractivity contribution is 7.15. The van der Waals surface area contributed by atoms with Gasteiger partial charge >= 0.3 is 5.97 Å². The van der Waals surface area contributed by atoms with Crippen molar-refractivity contribution in [2.75, 3.05) is 25.1 Å². The molecule has 3 aromatic rings. The van der Waals surface area contributed by atoms with Gasteiger partial charge in [-0.05, 0) is 62.1 Å². The first-order chi connectivity index (χ1) is 16.5. The molecular weight excluding hydrogens is 450 g/mol. The van der Waals surface area contributed by atoms with Crippen LogP contribution in [0.1, 0.15) is 49.5 Å². The van der Waals surface area contributed by atoms with Crippen molar-refractivity contribution in [3.8, 4) is 22.6 Å². The minimum absolute atomic E-state index is 0.171. The van der Waals surface area contributed by atoms with E-state index in [-0.39, 0.29) is 18.9 Å². The number of hydrogen-bond acceptors (Lipinski definition) is 6. The molecule has 0 aliphatic carbocycles. The van der Waals surface area contributed by atoms with Crippen molar-refractivity contribution < 1.29 is 23.8 Å². The molecule has 0 radical (unpaired) electrons. The normalized spacial score (nSPS) is 10.6. The summed E-state index contributed by atoms with van der Waals surface area (Å²) in [5, 5.41) is 5.23. The third-order valence-electron chi connectivity index (χ3n) is 5.15. The molecule has 0 spiro atoms. The van der Waals surface area contributed by atoms with E-state index >= 15 is 0 Å². The van der Waals surface area contributed by atoms with Crippen molar-refractivity contribution in [1.29, 1.82) is 0 Å². The predicted molar refractivity (Wildman–Crippen MR) is 136 cm³/mol. The van der Waals surface area contributed by atoms with Crippen molar-refractivity contribution in [3.05, 3.63) is 65.0 Å². The molecular formula is C27H31NO5S. The van der Waals surface area contributed by atoms with E-state index in [9.17, 15) is 9.59 Å². The van der Waals surface area contributed by atoms with Crippen LogP contribution < -0.4 is 14.8 Å². The Balaban J connectivity index is 1.63. The second kappa shape index (κ2) is 12.8. The number of hydrogen-bond donors (Lipinski definition) is 1. The summed E-state index contributed by atoms with van der Waals surface area (Å²) in [5.74, 6) is 0.925. The lowest BCUT2D eigenvalue weighted by atomic mass is 10.0. The highest BCUT2D eigenvalue weighted by atomic mass is 32.1. The Morgan fingerprint density at radius 2 is 1.56 bits per heavy atom. The zero-order valence-corrected chi connectivity index (χ0v) is 20.7. The van der Waals surface area contributed by atoms with Crippen LogP contribution in [0.4, 0.5) is 5.00 Å². The van der Waals surface area contributed by atoms with Gasteiger partial charge in [-0.15, -0.1) is 11.3 Å². The lowest BCUT2D eigenvalue weighted by Crippen LogP contribution is -2.15. The molecule has 0 fully saturated rings. The highest BCUT2D eigenvalue weighted by Gasteiger charge is 2.22. The number of carbonyl (C=O) groups excluding carboxylic acids is 2. The van der Waals surface area contributed by atoms with Gasteiger partial charge in [-0.2, -0.15) is 0 Å². The van der Waals surface area contributed by atoms with Crippen LogP contribution >= 0.6 is 11.3 Å². The molecule has 3 rings (SSSR count). The first kappa shape index (κ1) is 25.3. The Hall–Kier alpha value is -3.32. The average molecular weight is 482 g/mol. The summed E-state index contributed by atoms with van der Waals surface area (Å²) in [5.41, 5.74) is 3.20. The van der Waals surface area contributed by atoms with E-state index in [1.807, 2.05) is 60.8 Å². The van der Waals surface area contributed by atoms with Gasteiger partial charge in [0, 0.05) is 17.4 Å². The number of amides is 1. The summed E-state index contributed by atoms with van der Waals surface area (Å²) in [6, 6.07) is 15.5. The first-order valence-corrected chi connectivity index (χ1v) is 12.5. The Bertz CT molecular complexity index is 1070. The Kier molecular flexibility index (Phi) is 9.52. The number of thiophene rings is 1. The minimum Gasteiger partial charge on any atom is -0.494 e. The van der Waals surface area contributed by atoms with E-state index in [1.54, 1.807) is 6.92 Å². The predicted octanol–water partition coefficient (Wildman–Crippen LogP) is 6.35. The largest absolute Gasteiger partial charge is 0.494 e. The molecule has 0 aliphatic heterocycles. The van der Waals surface area contributed by atoms with Gasteiger partial charge in [0.1, 0.15) is 22.1 Å². The number of benzene rings is 2. The van der Waals surface area contributed by atoms with E-state index in [2.05, 4.69) is 12.2 Å². The zero-order valence-electron chi connectivity index (χ0n) is 19.9. The lowest BCUT2D eigenvalue weighted by Gasteiger charge is -2.10. The molecule has 1 N–H and O–H groups in total. The van der Waals surface area contributed by atoms with Crippen molar-refractivity contribution in [3.63, 3.8) is 0 Å². The fraction of sp³-hybridized carbons (Fsp3) is 0.333. The second-order valence-corrected chi connectivity index (χ2v) is 8.41. The zero-order chi connectivity index (χ0) is 24.3. The van der Waals surface area contributed by atoms with E-state index < -0.39 is 5.97 Å². The van der Waals surface area contributed by atoms with Crippen LogP contribution in [0.3, 0.4) is 0 Å². The fourth-order valence-electron chi connectivity index (χ4n) is 3.40. The number of ether oxygens (including phenoxy) is 3. The molecule has 6 nitrogen and oxygen atoms in total. The summed E-state index contributed by atoms with van der Waals surface area (Å²) in [6.45, 7) is 7.06. The van der Waals surface area contributed by atoms with Crippen LogP contribution in [0.2, 0.25) is 0 Å². The molecule has 1 amide bonds. The standard InChI is InChI=1S/C27H31NO5S/c1-4-19-9-13-22(14-10-19)33-17-7-8-24(29)28-26-25(27(30)32-6-3)23(18-34-26)20-11-15-21(16-12-20)31-5-2/h9-16,18H,4-8,17H2,1-3H3,(H,28,29). The summed E-state index contributed by atoms with van der Waals surface area (Å²) in [4.78, 5) is 25.3. The molecule has 0 atom stereocenters. The monoisotopic (exact) mass is 481 g/mol. The maximum atomic E-state index is 12.7. The van der Waals surface area contributed by atoms with Gasteiger partial charge in [-0.25, -0.2) is 4.79 Å². The maximum absolute atomic E-state index is 12.7. The van der Waals surface area contributed by atoms with Gasteiger partial charge in [0.05, 0.1) is 19.8 Å². The molecule has 7 heteroatoms. The van der Waals surface area contributed by atoms with Gasteiger partial charge in [0.15, 0.2) is 0 Å². The van der Waals surface area contributed by atoms with E-state index in [1.165, 1.54) is 16.9 Å². The summed E-state index contributed by atoms with van der Waals surface area (Å²) < 4.78 is 16.5. The topological polar surface area (TPSA) is 73.9 Å². The third-order valence-corrected chi connectivity index (χ3v) is 6.04. The molecule has 2 aromatic carbocycles. The Morgan fingerprint density at radius 1 is 0.882 bits per heavy atom. The summed E-state index contributed by atoms with van der Waals surface area (Å²) in [7, 11) is 0. The van der Waals surface area contributed by atoms with Gasteiger partial charge in [-0.3, -0.25) is 4.79 Å². The smallest absolute Gasteiger partial charge is 0.341 e. The number of aryl methyl sites for hydroxylation is 1. The number of carbonyl (C=O) groups is 2. The molecule has 180 valence electrons. The molecule has 0 saturated carbocycles. The highest BCUT2D eigenvalue weighted by Crippen LogP contribution is 2.37. The first-order valence-electron chi connectivity index (χ1n) is 11.6. The Labute approximate surface area is 204 Å². The molecule has 34 heavy (non-hydrogen) atoms. The van der Waals surface area contributed by atoms with Crippen LogP contribution in [0.5, 0.6) is 11.5 Å². The van der Waals surface area contributed by atoms with E-state index in [0.29, 0.717) is 30.2 Å². The van der Waals surface area contributed by atoms with Crippen LogP contribution in [0, 0.1) is 0 Å². The lowest BCUT2D eigenvalue weighted by molar-refractivity contribution is -0.116. The Morgan fingerprint density at radius 3 is 2.21 bits per heavy atom. The summed E-state index contributed by atoms with van der Waals surface area (Å²) >= 11 is 1.31. The second-order valence-electron chi connectivity index (χ2n) is 7.53. The molecule has 0 aliphatic rings. The van der Waals surface area contributed by atoms with Crippen LogP contribution in [-0.4, -0.2) is 31.7 Å². The van der Waals surface area contributed by atoms with Crippen LogP contribution in [-0.2, 0) is 16.0 Å². The number of nitrogens with one attached hydrogen (secondary N) is 1. The third kappa shape index (κ3) is 6.84. The summed E-state index contributed by atoms with van der Waals surface area (Å²) in [6.07, 6.45) is 1.83. The number of rotatable bonds is 12.